The van der Waals surface area contributed by atoms with Crippen molar-refractivity contribution in [3.8, 4) is 0 Å². The van der Waals surface area contributed by atoms with E-state index in [1.807, 2.05) is 13.0 Å². The van der Waals surface area contributed by atoms with Crippen molar-refractivity contribution in [3.63, 3.8) is 0 Å². The minimum atomic E-state index is -0.224. The van der Waals surface area contributed by atoms with Gasteiger partial charge in [0.1, 0.15) is 17.7 Å². The van der Waals surface area contributed by atoms with Crippen LogP contribution in [0.4, 0.5) is 5.82 Å². The average Bonchev–Trinajstić information content (AvgIpc) is 2.95. The van der Waals surface area contributed by atoms with Crippen molar-refractivity contribution in [1.82, 2.24) is 9.97 Å². The lowest BCUT2D eigenvalue weighted by atomic mass is 9.91. The number of aromatic nitrogens is 2. The molecule has 128 valence electrons. The van der Waals surface area contributed by atoms with Crippen LogP contribution in [0.15, 0.2) is 6.07 Å². The van der Waals surface area contributed by atoms with Gasteiger partial charge in [0.15, 0.2) is 0 Å². The van der Waals surface area contributed by atoms with Crippen LogP contribution < -0.4 is 4.90 Å². The Morgan fingerprint density at radius 3 is 2.65 bits per heavy atom. The average molecular weight is 319 g/mol. The molecule has 23 heavy (non-hydrogen) atoms. The number of hydrogen-bond donors (Lipinski definition) is 0. The van der Waals surface area contributed by atoms with Crippen molar-refractivity contribution in [2.45, 2.75) is 71.8 Å². The number of ether oxygens (including phenoxy) is 1. The van der Waals surface area contributed by atoms with Crippen LogP contribution in [-0.2, 0) is 14.9 Å². The maximum absolute atomic E-state index is 12.2. The number of nitrogens with zero attached hydrogens (tertiary/aromatic N) is 3. The number of rotatable bonds is 4. The van der Waals surface area contributed by atoms with Crippen molar-refractivity contribution in [2.75, 3.05) is 18.1 Å². The molecule has 1 aliphatic heterocycles. The highest BCUT2D eigenvalue weighted by Gasteiger charge is 2.34. The van der Waals surface area contributed by atoms with Crippen molar-refractivity contribution in [3.05, 3.63) is 17.6 Å². The smallest absolute Gasteiger partial charge is 0.328 e. The minimum Gasteiger partial charge on any atom is -0.464 e. The highest BCUT2D eigenvalue weighted by Crippen LogP contribution is 2.30. The molecule has 0 radical (unpaired) electrons. The Hall–Kier alpha value is -1.65. The summed E-state index contributed by atoms with van der Waals surface area (Å²) in [7, 11) is 0. The molecule has 0 saturated carbocycles. The number of anilines is 1. The van der Waals surface area contributed by atoms with E-state index in [-0.39, 0.29) is 23.3 Å². The van der Waals surface area contributed by atoms with E-state index in [0.717, 1.165) is 36.7 Å². The molecular weight excluding hydrogens is 290 g/mol. The van der Waals surface area contributed by atoms with E-state index in [0.29, 0.717) is 6.61 Å². The van der Waals surface area contributed by atoms with Crippen LogP contribution in [0, 0.1) is 0 Å². The first-order valence-electron chi connectivity index (χ1n) is 8.56. The van der Waals surface area contributed by atoms with Gasteiger partial charge >= 0.3 is 5.97 Å². The summed E-state index contributed by atoms with van der Waals surface area (Å²) in [4.78, 5) is 23.8. The molecule has 1 aromatic heterocycles. The van der Waals surface area contributed by atoms with Gasteiger partial charge in [-0.05, 0) is 19.8 Å². The van der Waals surface area contributed by atoms with E-state index in [9.17, 15) is 4.79 Å². The predicted molar refractivity (Wildman–Crippen MR) is 91.8 cm³/mol. The van der Waals surface area contributed by atoms with E-state index in [1.54, 1.807) is 0 Å². The second kappa shape index (κ2) is 6.85. The lowest BCUT2D eigenvalue weighted by molar-refractivity contribution is -0.144. The second-order valence-corrected chi connectivity index (χ2v) is 7.48. The molecule has 0 unspecified atom stereocenters. The second-order valence-electron chi connectivity index (χ2n) is 7.48. The van der Waals surface area contributed by atoms with Crippen LogP contribution in [-0.4, -0.2) is 35.1 Å². The Balaban J connectivity index is 2.41. The predicted octanol–water partition coefficient (Wildman–Crippen LogP) is 3.43. The molecule has 1 aromatic rings. The fourth-order valence-corrected chi connectivity index (χ4v) is 2.77. The van der Waals surface area contributed by atoms with Gasteiger partial charge in [-0.2, -0.15) is 0 Å². The zero-order valence-corrected chi connectivity index (χ0v) is 15.2. The Bertz CT molecular complexity index is 564. The van der Waals surface area contributed by atoms with Gasteiger partial charge < -0.3 is 9.64 Å². The summed E-state index contributed by atoms with van der Waals surface area (Å²) in [5.41, 5.74) is 0.959. The zero-order chi connectivity index (χ0) is 17.2. The molecular formula is C18H29N3O2. The Morgan fingerprint density at radius 1 is 1.39 bits per heavy atom. The van der Waals surface area contributed by atoms with Crippen molar-refractivity contribution >= 4 is 11.8 Å². The van der Waals surface area contributed by atoms with Gasteiger partial charge in [0.2, 0.25) is 0 Å². The summed E-state index contributed by atoms with van der Waals surface area (Å²) in [6.07, 6.45) is 1.81. The topological polar surface area (TPSA) is 55.3 Å². The third-order valence-corrected chi connectivity index (χ3v) is 4.12. The Morgan fingerprint density at radius 2 is 2.09 bits per heavy atom. The van der Waals surface area contributed by atoms with E-state index >= 15 is 0 Å². The van der Waals surface area contributed by atoms with Crippen LogP contribution >= 0.6 is 0 Å². The summed E-state index contributed by atoms with van der Waals surface area (Å²) >= 11 is 0. The maximum Gasteiger partial charge on any atom is 0.328 e. The molecule has 1 atom stereocenters. The summed E-state index contributed by atoms with van der Waals surface area (Å²) in [6, 6.07) is 1.81. The van der Waals surface area contributed by atoms with Gasteiger partial charge in [-0.1, -0.05) is 34.6 Å². The SMILES string of the molecule is CCOC(=O)[C@@H]1CCCN1c1cc(C(C)(C)C)nc(C(C)C)n1. The van der Waals surface area contributed by atoms with Crippen LogP contribution in [0.1, 0.15) is 71.8 Å². The number of hydrogen-bond acceptors (Lipinski definition) is 5. The van der Waals surface area contributed by atoms with Gasteiger partial charge in [0.25, 0.3) is 0 Å². The maximum atomic E-state index is 12.2. The van der Waals surface area contributed by atoms with E-state index < -0.39 is 0 Å². The Kier molecular flexibility index (Phi) is 5.27. The standard InChI is InChI=1S/C18H29N3O2/c1-7-23-17(22)13-9-8-10-21(13)15-11-14(18(4,5)6)19-16(20-15)12(2)3/h11-13H,7-10H2,1-6H3/t13-/m0/s1. The third kappa shape index (κ3) is 4.01. The lowest BCUT2D eigenvalue weighted by Crippen LogP contribution is -2.38. The molecule has 5 nitrogen and oxygen atoms in total. The summed E-state index contributed by atoms with van der Waals surface area (Å²) in [5, 5.41) is 0. The summed E-state index contributed by atoms with van der Waals surface area (Å²) in [5.74, 6) is 1.79. The van der Waals surface area contributed by atoms with Crippen LogP contribution in [0.3, 0.4) is 0 Å². The molecule has 0 spiro atoms. The number of esters is 1. The molecule has 1 fully saturated rings. The molecule has 2 heterocycles. The van der Waals surface area contributed by atoms with E-state index in [1.165, 1.54) is 0 Å². The molecule has 1 aliphatic rings. The molecule has 0 aliphatic carbocycles. The minimum absolute atomic E-state index is 0.0551. The fourth-order valence-electron chi connectivity index (χ4n) is 2.77. The summed E-state index contributed by atoms with van der Waals surface area (Å²) in [6.45, 7) is 13.7. The first kappa shape index (κ1) is 17.7. The van der Waals surface area contributed by atoms with Crippen LogP contribution in [0.2, 0.25) is 0 Å². The highest BCUT2D eigenvalue weighted by molar-refractivity contribution is 5.80. The molecule has 5 heteroatoms. The van der Waals surface area contributed by atoms with Gasteiger partial charge in [0.05, 0.1) is 12.3 Å². The summed E-state index contributed by atoms with van der Waals surface area (Å²) < 4.78 is 5.23. The molecule has 0 N–H and O–H groups in total. The first-order chi connectivity index (χ1) is 10.7. The number of carbonyl (C=O) groups is 1. The zero-order valence-electron chi connectivity index (χ0n) is 15.2. The van der Waals surface area contributed by atoms with E-state index in [2.05, 4.69) is 39.5 Å². The monoisotopic (exact) mass is 319 g/mol. The van der Waals surface area contributed by atoms with Gasteiger partial charge in [-0.3, -0.25) is 0 Å². The van der Waals surface area contributed by atoms with Crippen molar-refractivity contribution in [2.24, 2.45) is 0 Å². The van der Waals surface area contributed by atoms with Gasteiger partial charge in [-0.15, -0.1) is 0 Å². The lowest BCUT2D eigenvalue weighted by Gasteiger charge is -2.27. The third-order valence-electron chi connectivity index (χ3n) is 4.12. The van der Waals surface area contributed by atoms with Crippen LogP contribution in [0.25, 0.3) is 0 Å². The Labute approximate surface area is 139 Å². The fraction of sp³-hybridized carbons (Fsp3) is 0.722. The van der Waals surface area contributed by atoms with Crippen molar-refractivity contribution < 1.29 is 9.53 Å². The van der Waals surface area contributed by atoms with Crippen LogP contribution in [0.5, 0.6) is 0 Å². The molecule has 0 bridgehead atoms. The highest BCUT2D eigenvalue weighted by atomic mass is 16.5. The van der Waals surface area contributed by atoms with Gasteiger partial charge in [0, 0.05) is 23.9 Å². The number of carbonyl (C=O) groups excluding carboxylic acids is 1. The van der Waals surface area contributed by atoms with E-state index in [4.69, 9.17) is 14.7 Å². The molecule has 1 saturated heterocycles. The van der Waals surface area contributed by atoms with Crippen molar-refractivity contribution in [1.29, 1.82) is 0 Å². The van der Waals surface area contributed by atoms with Gasteiger partial charge in [-0.25, -0.2) is 14.8 Å². The molecule has 0 aromatic carbocycles. The first-order valence-corrected chi connectivity index (χ1v) is 8.56. The molecule has 2 rings (SSSR count). The quantitative estimate of drug-likeness (QED) is 0.796. The normalized spacial score (nSPS) is 18.6. The molecule has 0 amide bonds. The largest absolute Gasteiger partial charge is 0.464 e.